The van der Waals surface area contributed by atoms with E-state index in [0.29, 0.717) is 37.9 Å². The molecule has 1 aromatic carbocycles. The molecule has 0 amide bonds. The van der Waals surface area contributed by atoms with Gasteiger partial charge in [0.1, 0.15) is 12.0 Å². The second kappa shape index (κ2) is 10.7. The zero-order valence-electron chi connectivity index (χ0n) is 15.7. The molecule has 0 aliphatic heterocycles. The van der Waals surface area contributed by atoms with Gasteiger partial charge in [-0.05, 0) is 32.4 Å². The molecule has 0 aliphatic rings. The Hall–Kier alpha value is -2.39. The first kappa shape index (κ1) is 20.9. The van der Waals surface area contributed by atoms with Crippen LogP contribution in [0.25, 0.3) is 11.5 Å². The first-order chi connectivity index (χ1) is 13.0. The minimum Gasteiger partial charge on any atom is -0.444 e. The van der Waals surface area contributed by atoms with Crippen LogP contribution in [0.4, 0.5) is 0 Å². The highest BCUT2D eigenvalue weighted by Gasteiger charge is 2.07. The number of guanidine groups is 1. The van der Waals surface area contributed by atoms with Gasteiger partial charge in [0.05, 0.1) is 12.3 Å². The van der Waals surface area contributed by atoms with Crippen molar-refractivity contribution >= 4 is 16.0 Å². The fraction of sp³-hybridized carbons (Fsp3) is 0.444. The number of nitrogens with one attached hydrogen (secondary N) is 3. The van der Waals surface area contributed by atoms with E-state index >= 15 is 0 Å². The molecule has 2 rings (SSSR count). The van der Waals surface area contributed by atoms with Gasteiger partial charge in [0.2, 0.25) is 15.9 Å². The molecule has 0 spiro atoms. The summed E-state index contributed by atoms with van der Waals surface area (Å²) in [6.07, 6.45) is 2.26. The molecule has 0 bridgehead atoms. The van der Waals surface area contributed by atoms with E-state index in [4.69, 9.17) is 4.42 Å². The summed E-state index contributed by atoms with van der Waals surface area (Å²) in [5.74, 6) is 1.31. The maximum Gasteiger partial charge on any atom is 0.226 e. The van der Waals surface area contributed by atoms with Crippen molar-refractivity contribution in [2.75, 3.05) is 25.4 Å². The van der Waals surface area contributed by atoms with E-state index in [9.17, 15) is 8.42 Å². The lowest BCUT2D eigenvalue weighted by Gasteiger charge is -2.11. The molecule has 27 heavy (non-hydrogen) atoms. The van der Waals surface area contributed by atoms with Crippen molar-refractivity contribution in [1.82, 2.24) is 20.3 Å². The summed E-state index contributed by atoms with van der Waals surface area (Å²) in [5.41, 5.74) is 1.66. The Morgan fingerprint density at radius 1 is 1.15 bits per heavy atom. The summed E-state index contributed by atoms with van der Waals surface area (Å²) in [7, 11) is -3.14. The Morgan fingerprint density at radius 2 is 1.93 bits per heavy atom. The van der Waals surface area contributed by atoms with Crippen LogP contribution >= 0.6 is 0 Å². The quantitative estimate of drug-likeness (QED) is 0.322. The molecular formula is C18H27N5O3S. The molecule has 0 radical (unpaired) electrons. The van der Waals surface area contributed by atoms with Crippen LogP contribution in [0.5, 0.6) is 0 Å². The van der Waals surface area contributed by atoms with E-state index in [1.807, 2.05) is 37.3 Å². The number of hydrogen-bond donors (Lipinski definition) is 3. The molecule has 2 aromatic rings. The van der Waals surface area contributed by atoms with Crippen molar-refractivity contribution in [3.05, 3.63) is 42.3 Å². The molecule has 0 saturated heterocycles. The fourth-order valence-electron chi connectivity index (χ4n) is 2.22. The maximum absolute atomic E-state index is 11.4. The monoisotopic (exact) mass is 393 g/mol. The Kier molecular flexibility index (Phi) is 8.28. The van der Waals surface area contributed by atoms with Crippen molar-refractivity contribution in [1.29, 1.82) is 0 Å². The SMILES string of the molecule is CCNC(=NCc1coc(-c2ccccc2)n1)NCCCNS(=O)(=O)CC. The largest absolute Gasteiger partial charge is 0.444 e. The normalized spacial score (nSPS) is 12.1. The number of aromatic nitrogens is 1. The minimum absolute atomic E-state index is 0.0905. The maximum atomic E-state index is 11.4. The molecule has 1 aromatic heterocycles. The molecule has 9 heteroatoms. The second-order valence-electron chi connectivity index (χ2n) is 5.78. The first-order valence-electron chi connectivity index (χ1n) is 9.03. The van der Waals surface area contributed by atoms with Crippen LogP contribution < -0.4 is 15.4 Å². The average molecular weight is 394 g/mol. The van der Waals surface area contributed by atoms with Crippen molar-refractivity contribution in [3.63, 3.8) is 0 Å². The second-order valence-corrected chi connectivity index (χ2v) is 7.88. The molecule has 0 fully saturated rings. The van der Waals surface area contributed by atoms with Gasteiger partial charge in [0, 0.05) is 25.2 Å². The Labute approximate surface area is 160 Å². The van der Waals surface area contributed by atoms with Gasteiger partial charge < -0.3 is 15.1 Å². The number of sulfonamides is 1. The van der Waals surface area contributed by atoms with Crippen LogP contribution in [-0.2, 0) is 16.6 Å². The average Bonchev–Trinajstić information content (AvgIpc) is 3.15. The summed E-state index contributed by atoms with van der Waals surface area (Å²) in [5, 5.41) is 6.33. The fourth-order valence-corrected chi connectivity index (χ4v) is 2.88. The highest BCUT2D eigenvalue weighted by Crippen LogP contribution is 2.18. The number of nitrogens with zero attached hydrogens (tertiary/aromatic N) is 2. The molecule has 0 atom stereocenters. The zero-order chi connectivity index (χ0) is 19.5. The van der Waals surface area contributed by atoms with Crippen molar-refractivity contribution < 1.29 is 12.8 Å². The third kappa shape index (κ3) is 7.40. The van der Waals surface area contributed by atoms with Crippen molar-refractivity contribution in [2.24, 2.45) is 4.99 Å². The lowest BCUT2D eigenvalue weighted by Crippen LogP contribution is -2.38. The molecule has 0 unspecified atom stereocenters. The van der Waals surface area contributed by atoms with Crippen LogP contribution in [0.1, 0.15) is 26.0 Å². The highest BCUT2D eigenvalue weighted by atomic mass is 32.2. The van der Waals surface area contributed by atoms with Gasteiger partial charge in [-0.2, -0.15) is 0 Å². The Bertz CT molecular complexity index is 819. The van der Waals surface area contributed by atoms with Gasteiger partial charge in [-0.1, -0.05) is 18.2 Å². The van der Waals surface area contributed by atoms with Crippen LogP contribution in [0, 0.1) is 0 Å². The lowest BCUT2D eigenvalue weighted by atomic mass is 10.2. The van der Waals surface area contributed by atoms with E-state index in [0.717, 1.165) is 17.8 Å². The Balaban J connectivity index is 1.83. The van der Waals surface area contributed by atoms with E-state index in [1.165, 1.54) is 0 Å². The van der Waals surface area contributed by atoms with Gasteiger partial charge in [-0.15, -0.1) is 0 Å². The standard InChI is InChI=1S/C18H27N5O3S/c1-3-19-18(20-11-8-12-22-27(24,25)4-2)21-13-16-14-26-17(23-16)15-9-6-5-7-10-15/h5-7,9-10,14,22H,3-4,8,11-13H2,1-2H3,(H2,19,20,21). The van der Waals surface area contributed by atoms with Gasteiger partial charge in [-0.3, -0.25) is 0 Å². The van der Waals surface area contributed by atoms with Gasteiger partial charge in [-0.25, -0.2) is 23.1 Å². The summed E-state index contributed by atoms with van der Waals surface area (Å²) in [6.45, 7) is 5.70. The van der Waals surface area contributed by atoms with Crippen molar-refractivity contribution in [3.8, 4) is 11.5 Å². The topological polar surface area (TPSA) is 109 Å². The molecule has 8 nitrogen and oxygen atoms in total. The number of hydrogen-bond acceptors (Lipinski definition) is 5. The summed E-state index contributed by atoms with van der Waals surface area (Å²) in [4.78, 5) is 8.94. The van der Waals surface area contributed by atoms with Crippen LogP contribution in [-0.4, -0.2) is 44.7 Å². The summed E-state index contributed by atoms with van der Waals surface area (Å²) >= 11 is 0. The number of rotatable bonds is 10. The number of benzene rings is 1. The van der Waals surface area contributed by atoms with Crippen LogP contribution in [0.3, 0.4) is 0 Å². The molecule has 148 valence electrons. The van der Waals surface area contributed by atoms with E-state index < -0.39 is 10.0 Å². The number of oxazole rings is 1. The smallest absolute Gasteiger partial charge is 0.226 e. The molecule has 0 saturated carbocycles. The van der Waals surface area contributed by atoms with E-state index in [2.05, 4.69) is 25.3 Å². The summed E-state index contributed by atoms with van der Waals surface area (Å²) < 4.78 is 30.8. The Morgan fingerprint density at radius 3 is 2.63 bits per heavy atom. The predicted octanol–water partition coefficient (Wildman–Crippen LogP) is 1.73. The van der Waals surface area contributed by atoms with Gasteiger partial charge in [0.25, 0.3) is 0 Å². The van der Waals surface area contributed by atoms with E-state index in [-0.39, 0.29) is 5.75 Å². The minimum atomic E-state index is -3.14. The van der Waals surface area contributed by atoms with Crippen LogP contribution in [0.15, 0.2) is 46.0 Å². The third-order valence-corrected chi connectivity index (χ3v) is 5.07. The predicted molar refractivity (Wildman–Crippen MR) is 107 cm³/mol. The zero-order valence-corrected chi connectivity index (χ0v) is 16.6. The summed E-state index contributed by atoms with van der Waals surface area (Å²) in [6, 6.07) is 9.70. The first-order valence-corrected chi connectivity index (χ1v) is 10.7. The highest BCUT2D eigenvalue weighted by molar-refractivity contribution is 7.89. The van der Waals surface area contributed by atoms with Gasteiger partial charge >= 0.3 is 0 Å². The number of aliphatic imine (C=N–C) groups is 1. The van der Waals surface area contributed by atoms with Crippen LogP contribution in [0.2, 0.25) is 0 Å². The van der Waals surface area contributed by atoms with Crippen molar-refractivity contribution in [2.45, 2.75) is 26.8 Å². The molecule has 0 aliphatic carbocycles. The lowest BCUT2D eigenvalue weighted by molar-refractivity contribution is 0.572. The molecule has 3 N–H and O–H groups in total. The van der Waals surface area contributed by atoms with Gasteiger partial charge in [0.15, 0.2) is 5.96 Å². The molecular weight excluding hydrogens is 366 g/mol. The molecule has 1 heterocycles. The van der Waals surface area contributed by atoms with E-state index in [1.54, 1.807) is 13.2 Å². The third-order valence-electron chi connectivity index (χ3n) is 3.66.